The van der Waals surface area contributed by atoms with Crippen molar-refractivity contribution in [3.8, 4) is 0 Å². The van der Waals surface area contributed by atoms with E-state index in [0.717, 1.165) is 6.42 Å². The topological polar surface area (TPSA) is 54.3 Å². The molecule has 1 aromatic carbocycles. The second kappa shape index (κ2) is 5.02. The summed E-state index contributed by atoms with van der Waals surface area (Å²) in [6.07, 6.45) is 2.72. The average Bonchev–Trinajstić information content (AvgIpc) is 3.03. The molecule has 0 fully saturated rings. The summed E-state index contributed by atoms with van der Waals surface area (Å²) >= 11 is 0. The minimum absolute atomic E-state index is 0.00204. The van der Waals surface area contributed by atoms with Gasteiger partial charge in [0, 0.05) is 19.3 Å². The van der Waals surface area contributed by atoms with Crippen LogP contribution in [-0.4, -0.2) is 33.9 Å². The highest BCUT2D eigenvalue weighted by Crippen LogP contribution is 2.20. The van der Waals surface area contributed by atoms with Crippen LogP contribution in [-0.2, 0) is 24.3 Å². The number of nitrogens with zero attached hydrogens (tertiary/aromatic N) is 2. The first-order valence-electron chi connectivity index (χ1n) is 7.54. The molecule has 1 N–H and O–H groups in total. The molecule has 22 heavy (non-hydrogen) atoms. The Morgan fingerprint density at radius 2 is 1.95 bits per heavy atom. The highest BCUT2D eigenvalue weighted by atomic mass is 16.2. The van der Waals surface area contributed by atoms with Gasteiger partial charge in [-0.05, 0) is 29.7 Å². The third-order valence-corrected chi connectivity index (χ3v) is 4.49. The molecule has 0 radical (unpaired) electrons. The van der Waals surface area contributed by atoms with Crippen LogP contribution in [0.15, 0.2) is 42.6 Å². The fourth-order valence-corrected chi connectivity index (χ4v) is 3.30. The predicted molar refractivity (Wildman–Crippen MR) is 81.2 cm³/mol. The van der Waals surface area contributed by atoms with Gasteiger partial charge in [-0.2, -0.15) is 0 Å². The summed E-state index contributed by atoms with van der Waals surface area (Å²) in [6.45, 7) is 1.84. The lowest BCUT2D eigenvalue weighted by Gasteiger charge is -2.33. The second-order valence-corrected chi connectivity index (χ2v) is 5.85. The van der Waals surface area contributed by atoms with E-state index in [1.165, 1.54) is 11.1 Å². The molecule has 3 heterocycles. The van der Waals surface area contributed by atoms with Crippen LogP contribution in [0.2, 0.25) is 0 Å². The number of hydrogen-bond donors (Lipinski definition) is 1. The SMILES string of the molecule is O=C1NC(C(=O)N2CCc3ccccc3C2)Cn2cccc21. The van der Waals surface area contributed by atoms with Crippen LogP contribution < -0.4 is 5.32 Å². The van der Waals surface area contributed by atoms with Gasteiger partial charge in [0.05, 0.1) is 6.54 Å². The van der Waals surface area contributed by atoms with Crippen molar-refractivity contribution >= 4 is 11.8 Å². The molecule has 5 heteroatoms. The highest BCUT2D eigenvalue weighted by Gasteiger charge is 2.32. The number of benzene rings is 1. The van der Waals surface area contributed by atoms with E-state index >= 15 is 0 Å². The van der Waals surface area contributed by atoms with Gasteiger partial charge in [-0.25, -0.2) is 0 Å². The summed E-state index contributed by atoms with van der Waals surface area (Å²) in [5, 5.41) is 2.83. The molecular formula is C17H17N3O2. The third kappa shape index (κ3) is 2.09. The summed E-state index contributed by atoms with van der Waals surface area (Å²) in [7, 11) is 0. The zero-order valence-corrected chi connectivity index (χ0v) is 12.2. The number of amides is 2. The summed E-state index contributed by atoms with van der Waals surface area (Å²) in [6, 6.07) is 11.3. The monoisotopic (exact) mass is 295 g/mol. The van der Waals surface area contributed by atoms with Gasteiger partial charge in [0.15, 0.2) is 0 Å². The normalized spacial score (nSPS) is 20.1. The van der Waals surface area contributed by atoms with Crippen molar-refractivity contribution in [2.45, 2.75) is 25.6 Å². The van der Waals surface area contributed by atoms with Crippen molar-refractivity contribution in [3.63, 3.8) is 0 Å². The first-order chi connectivity index (χ1) is 10.7. The van der Waals surface area contributed by atoms with Crippen molar-refractivity contribution in [2.24, 2.45) is 0 Å². The average molecular weight is 295 g/mol. The van der Waals surface area contributed by atoms with Gasteiger partial charge in [-0.15, -0.1) is 0 Å². The fourth-order valence-electron chi connectivity index (χ4n) is 3.30. The molecule has 0 spiro atoms. The van der Waals surface area contributed by atoms with Crippen LogP contribution >= 0.6 is 0 Å². The summed E-state index contributed by atoms with van der Waals surface area (Å²) in [4.78, 5) is 26.6. The van der Waals surface area contributed by atoms with Crippen LogP contribution in [0.4, 0.5) is 0 Å². The molecule has 4 rings (SSSR count). The number of hydrogen-bond acceptors (Lipinski definition) is 2. The largest absolute Gasteiger partial charge is 0.341 e. The maximum atomic E-state index is 12.7. The maximum Gasteiger partial charge on any atom is 0.268 e. The van der Waals surface area contributed by atoms with Crippen molar-refractivity contribution in [1.29, 1.82) is 0 Å². The van der Waals surface area contributed by atoms with Crippen LogP contribution in [0.3, 0.4) is 0 Å². The van der Waals surface area contributed by atoms with E-state index in [1.54, 1.807) is 6.07 Å². The number of fused-ring (bicyclic) bond motifs is 2. The standard InChI is InChI=1S/C17H17N3O2/c21-16-15-6-3-8-19(15)11-14(18-16)17(22)20-9-7-12-4-1-2-5-13(12)10-20/h1-6,8,14H,7,9-11H2,(H,18,21). The Labute approximate surface area is 128 Å². The van der Waals surface area contributed by atoms with Gasteiger partial charge in [-0.3, -0.25) is 9.59 Å². The molecule has 112 valence electrons. The molecule has 2 aliphatic heterocycles. The lowest BCUT2D eigenvalue weighted by Crippen LogP contribution is -2.54. The fraction of sp³-hybridized carbons (Fsp3) is 0.294. The lowest BCUT2D eigenvalue weighted by atomic mass is 9.99. The van der Waals surface area contributed by atoms with E-state index in [9.17, 15) is 9.59 Å². The Balaban J connectivity index is 1.53. The van der Waals surface area contributed by atoms with Crippen LogP contribution in [0.5, 0.6) is 0 Å². The summed E-state index contributed by atoms with van der Waals surface area (Å²) in [5.41, 5.74) is 3.13. The molecular weight excluding hydrogens is 278 g/mol. The molecule has 5 nitrogen and oxygen atoms in total. The number of aromatic nitrogens is 1. The molecule has 0 bridgehead atoms. The van der Waals surface area contributed by atoms with Crippen LogP contribution in [0, 0.1) is 0 Å². The number of rotatable bonds is 1. The molecule has 1 unspecified atom stereocenters. The Bertz CT molecular complexity index is 750. The van der Waals surface area contributed by atoms with E-state index in [2.05, 4.69) is 17.4 Å². The Morgan fingerprint density at radius 1 is 1.14 bits per heavy atom. The van der Waals surface area contributed by atoms with E-state index < -0.39 is 6.04 Å². The zero-order valence-electron chi connectivity index (χ0n) is 12.2. The van der Waals surface area contributed by atoms with Crippen molar-refractivity contribution in [1.82, 2.24) is 14.8 Å². The highest BCUT2D eigenvalue weighted by molar-refractivity contribution is 5.97. The predicted octanol–water partition coefficient (Wildman–Crippen LogP) is 1.18. The quantitative estimate of drug-likeness (QED) is 0.859. The number of nitrogens with one attached hydrogen (secondary N) is 1. The number of carbonyl (C=O) groups excluding carboxylic acids is 2. The first-order valence-corrected chi connectivity index (χ1v) is 7.54. The van der Waals surface area contributed by atoms with Gasteiger partial charge >= 0.3 is 0 Å². The molecule has 1 aromatic heterocycles. The molecule has 0 saturated heterocycles. The van der Waals surface area contributed by atoms with Gasteiger partial charge < -0.3 is 14.8 Å². The van der Waals surface area contributed by atoms with Crippen LogP contribution in [0.1, 0.15) is 21.6 Å². The van der Waals surface area contributed by atoms with E-state index in [1.807, 2.05) is 33.9 Å². The van der Waals surface area contributed by atoms with Gasteiger partial charge in [0.25, 0.3) is 5.91 Å². The van der Waals surface area contributed by atoms with Gasteiger partial charge in [-0.1, -0.05) is 24.3 Å². The second-order valence-electron chi connectivity index (χ2n) is 5.85. The van der Waals surface area contributed by atoms with Crippen molar-refractivity contribution in [2.75, 3.05) is 6.54 Å². The Morgan fingerprint density at radius 3 is 2.82 bits per heavy atom. The Hall–Kier alpha value is -2.56. The van der Waals surface area contributed by atoms with E-state index in [0.29, 0.717) is 25.3 Å². The van der Waals surface area contributed by atoms with E-state index in [4.69, 9.17) is 0 Å². The van der Waals surface area contributed by atoms with Gasteiger partial charge in [0.2, 0.25) is 5.91 Å². The van der Waals surface area contributed by atoms with Gasteiger partial charge in [0.1, 0.15) is 11.7 Å². The lowest BCUT2D eigenvalue weighted by molar-refractivity contribution is -0.134. The zero-order chi connectivity index (χ0) is 15.1. The molecule has 2 aliphatic rings. The minimum atomic E-state index is -0.474. The molecule has 0 saturated carbocycles. The molecule has 1 atom stereocenters. The molecule has 2 amide bonds. The van der Waals surface area contributed by atoms with E-state index in [-0.39, 0.29) is 11.8 Å². The number of carbonyl (C=O) groups is 2. The Kier molecular flexibility index (Phi) is 2.99. The summed E-state index contributed by atoms with van der Waals surface area (Å²) in [5.74, 6) is -0.172. The summed E-state index contributed by atoms with van der Waals surface area (Å²) < 4.78 is 1.85. The van der Waals surface area contributed by atoms with Crippen molar-refractivity contribution < 1.29 is 9.59 Å². The minimum Gasteiger partial charge on any atom is -0.341 e. The molecule has 0 aliphatic carbocycles. The maximum absolute atomic E-state index is 12.7. The van der Waals surface area contributed by atoms with Crippen LogP contribution in [0.25, 0.3) is 0 Å². The molecule has 2 aromatic rings. The third-order valence-electron chi connectivity index (χ3n) is 4.49. The first kappa shape index (κ1) is 13.1. The van der Waals surface area contributed by atoms with Crippen molar-refractivity contribution in [3.05, 3.63) is 59.4 Å². The smallest absolute Gasteiger partial charge is 0.268 e.